The molecule has 1 unspecified atom stereocenters. The second kappa shape index (κ2) is 9.51. The molecule has 0 bridgehead atoms. The number of hydrogen-bond donors (Lipinski definition) is 1. The van der Waals surface area contributed by atoms with Crippen molar-refractivity contribution in [1.29, 1.82) is 0 Å². The summed E-state index contributed by atoms with van der Waals surface area (Å²) in [7, 11) is 0. The van der Waals surface area contributed by atoms with E-state index in [1.807, 2.05) is 0 Å². The van der Waals surface area contributed by atoms with Crippen molar-refractivity contribution < 1.29 is 17.1 Å². The molecular weight excluding hydrogens is 296 g/mol. The summed E-state index contributed by atoms with van der Waals surface area (Å²) in [6.45, 7) is 6.75. The van der Waals surface area contributed by atoms with Crippen molar-refractivity contribution in [3.63, 3.8) is 0 Å². The number of piperidine rings is 1. The SMILES string of the molecule is [Cl-].c1ccc2c(c1)CCOC2CNCCCN1CCCCC1. The molecule has 3 rings (SSSR count). The van der Waals surface area contributed by atoms with Crippen LogP contribution in [0.1, 0.15) is 42.9 Å². The van der Waals surface area contributed by atoms with Gasteiger partial charge in [0.2, 0.25) is 0 Å². The van der Waals surface area contributed by atoms with Crippen molar-refractivity contribution in [2.24, 2.45) is 0 Å². The summed E-state index contributed by atoms with van der Waals surface area (Å²) in [5.41, 5.74) is 2.84. The van der Waals surface area contributed by atoms with Crippen LogP contribution < -0.4 is 17.7 Å². The van der Waals surface area contributed by atoms with E-state index in [1.165, 1.54) is 56.4 Å². The van der Waals surface area contributed by atoms with Gasteiger partial charge in [-0.1, -0.05) is 30.7 Å². The van der Waals surface area contributed by atoms with E-state index in [-0.39, 0.29) is 18.5 Å². The number of hydrogen-bond acceptors (Lipinski definition) is 3. The van der Waals surface area contributed by atoms with E-state index in [9.17, 15) is 0 Å². The first-order chi connectivity index (χ1) is 10.4. The number of ether oxygens (including phenoxy) is 1. The molecule has 3 nitrogen and oxygen atoms in total. The highest BCUT2D eigenvalue weighted by Gasteiger charge is 2.19. The van der Waals surface area contributed by atoms with Crippen LogP contribution >= 0.6 is 0 Å². The highest BCUT2D eigenvalue weighted by Crippen LogP contribution is 2.26. The van der Waals surface area contributed by atoms with Gasteiger partial charge in [0.15, 0.2) is 0 Å². The van der Waals surface area contributed by atoms with Gasteiger partial charge in [0.25, 0.3) is 0 Å². The van der Waals surface area contributed by atoms with E-state index >= 15 is 0 Å². The summed E-state index contributed by atoms with van der Waals surface area (Å²) < 4.78 is 5.93. The fraction of sp³-hybridized carbons (Fsp3) is 0.667. The average Bonchev–Trinajstić information content (AvgIpc) is 2.56. The highest BCUT2D eigenvalue weighted by molar-refractivity contribution is 5.31. The third-order valence-corrected chi connectivity index (χ3v) is 4.70. The minimum absolute atomic E-state index is 0. The zero-order valence-corrected chi connectivity index (χ0v) is 14.2. The molecule has 1 N–H and O–H groups in total. The van der Waals surface area contributed by atoms with Crippen molar-refractivity contribution in [3.05, 3.63) is 35.4 Å². The maximum Gasteiger partial charge on any atom is 0.0952 e. The van der Waals surface area contributed by atoms with Crippen LogP contribution in [-0.2, 0) is 11.2 Å². The molecule has 1 aromatic rings. The van der Waals surface area contributed by atoms with Crippen molar-refractivity contribution in [1.82, 2.24) is 10.2 Å². The van der Waals surface area contributed by atoms with Crippen LogP contribution in [0, 0.1) is 0 Å². The lowest BCUT2D eigenvalue weighted by Crippen LogP contribution is -3.00. The quantitative estimate of drug-likeness (QED) is 0.732. The fourth-order valence-corrected chi connectivity index (χ4v) is 3.49. The number of benzene rings is 1. The van der Waals surface area contributed by atoms with Crippen LogP contribution in [0.4, 0.5) is 0 Å². The van der Waals surface area contributed by atoms with E-state index < -0.39 is 0 Å². The summed E-state index contributed by atoms with van der Waals surface area (Å²) >= 11 is 0. The molecule has 22 heavy (non-hydrogen) atoms. The molecule has 1 saturated heterocycles. The van der Waals surface area contributed by atoms with E-state index in [1.54, 1.807) is 0 Å². The Morgan fingerprint density at radius 2 is 1.95 bits per heavy atom. The Labute approximate surface area is 140 Å². The number of rotatable bonds is 6. The maximum absolute atomic E-state index is 5.93. The van der Waals surface area contributed by atoms with Crippen molar-refractivity contribution >= 4 is 0 Å². The first-order valence-electron chi connectivity index (χ1n) is 8.56. The van der Waals surface area contributed by atoms with E-state index in [4.69, 9.17) is 4.74 Å². The van der Waals surface area contributed by atoms with Gasteiger partial charge < -0.3 is 27.4 Å². The highest BCUT2D eigenvalue weighted by atomic mass is 35.5. The lowest BCUT2D eigenvalue weighted by Gasteiger charge is -2.27. The second-order valence-corrected chi connectivity index (χ2v) is 6.27. The van der Waals surface area contributed by atoms with Gasteiger partial charge in [-0.05, 0) is 63.0 Å². The minimum Gasteiger partial charge on any atom is -1.00 e. The Kier molecular flexibility index (Phi) is 7.67. The van der Waals surface area contributed by atoms with Gasteiger partial charge >= 0.3 is 0 Å². The zero-order valence-electron chi connectivity index (χ0n) is 13.4. The standard InChI is InChI=1S/C18H28N2O.ClH/c1-4-11-20(12-5-1)13-6-10-19-15-18-17-8-3-2-7-16(17)9-14-21-18;/h2-3,7-8,18-19H,1,4-6,9-15H2;1H/p-1. The lowest BCUT2D eigenvalue weighted by molar-refractivity contribution is -0.00000675. The van der Waals surface area contributed by atoms with Crippen molar-refractivity contribution in [3.8, 4) is 0 Å². The zero-order chi connectivity index (χ0) is 14.3. The molecule has 2 aliphatic rings. The van der Waals surface area contributed by atoms with Gasteiger partial charge in [-0.15, -0.1) is 0 Å². The molecule has 2 heterocycles. The van der Waals surface area contributed by atoms with E-state index in [0.717, 1.165) is 26.1 Å². The summed E-state index contributed by atoms with van der Waals surface area (Å²) in [6, 6.07) is 8.71. The topological polar surface area (TPSA) is 24.5 Å². The summed E-state index contributed by atoms with van der Waals surface area (Å²) in [5.74, 6) is 0. The van der Waals surface area contributed by atoms with Crippen LogP contribution in [0.25, 0.3) is 0 Å². The second-order valence-electron chi connectivity index (χ2n) is 6.27. The smallest absolute Gasteiger partial charge is 0.0952 e. The fourth-order valence-electron chi connectivity index (χ4n) is 3.49. The Morgan fingerprint density at radius 1 is 1.14 bits per heavy atom. The molecule has 124 valence electrons. The molecule has 2 aliphatic heterocycles. The first-order valence-corrected chi connectivity index (χ1v) is 8.56. The maximum atomic E-state index is 5.93. The van der Waals surface area contributed by atoms with Crippen LogP contribution in [-0.4, -0.2) is 44.2 Å². The van der Waals surface area contributed by atoms with Gasteiger partial charge in [0.05, 0.1) is 12.7 Å². The van der Waals surface area contributed by atoms with Gasteiger partial charge in [-0.2, -0.15) is 0 Å². The predicted octanol–water partition coefficient (Wildman–Crippen LogP) is -0.230. The number of nitrogens with zero attached hydrogens (tertiary/aromatic N) is 1. The Hall–Kier alpha value is -0.610. The van der Waals surface area contributed by atoms with Crippen LogP contribution in [0.3, 0.4) is 0 Å². The number of fused-ring (bicyclic) bond motifs is 1. The van der Waals surface area contributed by atoms with Gasteiger partial charge in [-0.3, -0.25) is 0 Å². The third kappa shape index (κ3) is 4.95. The molecule has 0 saturated carbocycles. The van der Waals surface area contributed by atoms with Crippen molar-refractivity contribution in [2.75, 3.05) is 39.3 Å². The molecule has 1 atom stereocenters. The molecule has 4 heteroatoms. The minimum atomic E-state index is 0. The van der Waals surface area contributed by atoms with Gasteiger partial charge in [0.1, 0.15) is 0 Å². The van der Waals surface area contributed by atoms with E-state index in [0.29, 0.717) is 0 Å². The molecule has 1 fully saturated rings. The number of likely N-dealkylation sites (tertiary alicyclic amines) is 1. The molecule has 0 amide bonds. The molecule has 1 aromatic carbocycles. The number of nitrogens with one attached hydrogen (secondary N) is 1. The normalized spacial score (nSPS) is 21.9. The number of halogens is 1. The third-order valence-electron chi connectivity index (χ3n) is 4.70. The molecular formula is C18H28ClN2O-. The van der Waals surface area contributed by atoms with Crippen molar-refractivity contribution in [2.45, 2.75) is 38.2 Å². The Morgan fingerprint density at radius 3 is 2.82 bits per heavy atom. The molecule has 0 aromatic heterocycles. The monoisotopic (exact) mass is 323 g/mol. The average molecular weight is 324 g/mol. The summed E-state index contributed by atoms with van der Waals surface area (Å²) in [4.78, 5) is 2.61. The van der Waals surface area contributed by atoms with Crippen LogP contribution in [0.5, 0.6) is 0 Å². The van der Waals surface area contributed by atoms with E-state index in [2.05, 4.69) is 34.5 Å². The summed E-state index contributed by atoms with van der Waals surface area (Å²) in [5, 5.41) is 3.58. The van der Waals surface area contributed by atoms with Crippen LogP contribution in [0.15, 0.2) is 24.3 Å². The van der Waals surface area contributed by atoms with Crippen LogP contribution in [0.2, 0.25) is 0 Å². The molecule has 0 aliphatic carbocycles. The molecule has 0 spiro atoms. The van der Waals surface area contributed by atoms with Gasteiger partial charge in [-0.25, -0.2) is 0 Å². The lowest BCUT2D eigenvalue weighted by atomic mass is 9.97. The molecule has 0 radical (unpaired) electrons. The Bertz CT molecular complexity index is 435. The van der Waals surface area contributed by atoms with Gasteiger partial charge in [0, 0.05) is 6.54 Å². The largest absolute Gasteiger partial charge is 1.00 e. The Balaban J connectivity index is 0.00000176. The predicted molar refractivity (Wildman–Crippen MR) is 86.6 cm³/mol. The first kappa shape index (κ1) is 17.7. The summed E-state index contributed by atoms with van der Waals surface area (Å²) in [6.07, 6.45) is 6.74.